The van der Waals surface area contributed by atoms with E-state index in [2.05, 4.69) is 26.1 Å². The van der Waals surface area contributed by atoms with Gasteiger partial charge >= 0.3 is 5.97 Å². The van der Waals surface area contributed by atoms with Crippen molar-refractivity contribution in [2.45, 2.75) is 64.8 Å². The maximum atomic E-state index is 12.2. The summed E-state index contributed by atoms with van der Waals surface area (Å²) in [6.07, 6.45) is 6.21. The van der Waals surface area contributed by atoms with Crippen molar-refractivity contribution in [3.63, 3.8) is 0 Å². The fourth-order valence-corrected chi connectivity index (χ4v) is 2.65. The third-order valence-electron chi connectivity index (χ3n) is 3.59. The molecule has 1 fully saturated rings. The Kier molecular flexibility index (Phi) is 5.96. The fraction of sp³-hybridized carbons (Fsp3) is 0.929. The van der Waals surface area contributed by atoms with E-state index >= 15 is 0 Å². The van der Waals surface area contributed by atoms with Gasteiger partial charge in [0.1, 0.15) is 5.54 Å². The minimum atomic E-state index is -0.374. The summed E-state index contributed by atoms with van der Waals surface area (Å²) in [5.41, 5.74) is -0.374. The van der Waals surface area contributed by atoms with Gasteiger partial charge in [0, 0.05) is 0 Å². The second-order valence-corrected chi connectivity index (χ2v) is 5.35. The van der Waals surface area contributed by atoms with E-state index in [0.29, 0.717) is 12.5 Å². The van der Waals surface area contributed by atoms with Crippen molar-refractivity contribution in [3.05, 3.63) is 0 Å². The van der Waals surface area contributed by atoms with Gasteiger partial charge in [0.15, 0.2) is 0 Å². The number of hydrogen-bond acceptors (Lipinski definition) is 3. The van der Waals surface area contributed by atoms with Gasteiger partial charge in [0.25, 0.3) is 0 Å². The quantitative estimate of drug-likeness (QED) is 0.697. The number of carbonyl (C=O) groups is 1. The van der Waals surface area contributed by atoms with Gasteiger partial charge < -0.3 is 10.1 Å². The standard InChI is InChI=1S/C14H27NO2/c1-4-7-12(3)11-17-13(16)14(8-5-2)9-6-10-15-14/h12,15H,4-11H2,1-3H3. The molecule has 2 unspecified atom stereocenters. The minimum absolute atomic E-state index is 0.0280. The summed E-state index contributed by atoms with van der Waals surface area (Å²) in [6.45, 7) is 7.94. The molecule has 0 aromatic rings. The predicted octanol–water partition coefficient (Wildman–Crippen LogP) is 2.89. The molecule has 0 aromatic heterocycles. The molecule has 1 N–H and O–H groups in total. The number of nitrogens with one attached hydrogen (secondary N) is 1. The monoisotopic (exact) mass is 241 g/mol. The summed E-state index contributed by atoms with van der Waals surface area (Å²) < 4.78 is 5.49. The highest BCUT2D eigenvalue weighted by Gasteiger charge is 2.41. The van der Waals surface area contributed by atoms with E-state index in [-0.39, 0.29) is 11.5 Å². The van der Waals surface area contributed by atoms with Crippen LogP contribution in [0.5, 0.6) is 0 Å². The van der Waals surface area contributed by atoms with Crippen molar-refractivity contribution in [2.24, 2.45) is 5.92 Å². The molecule has 3 heteroatoms. The van der Waals surface area contributed by atoms with Crippen molar-refractivity contribution in [1.82, 2.24) is 5.32 Å². The van der Waals surface area contributed by atoms with Crippen LogP contribution in [-0.2, 0) is 9.53 Å². The summed E-state index contributed by atoms with van der Waals surface area (Å²) in [4.78, 5) is 12.2. The van der Waals surface area contributed by atoms with Gasteiger partial charge in [-0.1, -0.05) is 33.6 Å². The Hall–Kier alpha value is -0.570. The lowest BCUT2D eigenvalue weighted by Gasteiger charge is -2.27. The van der Waals surface area contributed by atoms with Crippen LogP contribution in [0.1, 0.15) is 59.3 Å². The molecule has 0 aliphatic carbocycles. The summed E-state index contributed by atoms with van der Waals surface area (Å²) >= 11 is 0. The number of carbonyl (C=O) groups excluding carboxylic acids is 1. The second kappa shape index (κ2) is 7.00. The van der Waals surface area contributed by atoms with Crippen molar-refractivity contribution in [3.8, 4) is 0 Å². The molecule has 0 spiro atoms. The molecule has 1 saturated heterocycles. The Balaban J connectivity index is 2.43. The topological polar surface area (TPSA) is 38.3 Å². The van der Waals surface area contributed by atoms with E-state index in [1.54, 1.807) is 0 Å². The lowest BCUT2D eigenvalue weighted by Crippen LogP contribution is -2.48. The van der Waals surface area contributed by atoms with Gasteiger partial charge in [-0.15, -0.1) is 0 Å². The van der Waals surface area contributed by atoms with Crippen LogP contribution in [-0.4, -0.2) is 24.7 Å². The first kappa shape index (κ1) is 14.5. The Morgan fingerprint density at radius 1 is 1.41 bits per heavy atom. The highest BCUT2D eigenvalue weighted by atomic mass is 16.5. The molecule has 2 atom stereocenters. The van der Waals surface area contributed by atoms with Gasteiger partial charge in [0.05, 0.1) is 6.61 Å². The van der Waals surface area contributed by atoms with Crippen LogP contribution in [0.15, 0.2) is 0 Å². The normalized spacial score (nSPS) is 25.8. The van der Waals surface area contributed by atoms with Crippen molar-refractivity contribution < 1.29 is 9.53 Å². The van der Waals surface area contributed by atoms with Gasteiger partial charge in [-0.3, -0.25) is 4.79 Å². The maximum absolute atomic E-state index is 12.2. The molecule has 1 rings (SSSR count). The van der Waals surface area contributed by atoms with Crippen LogP contribution in [0, 0.1) is 5.92 Å². The van der Waals surface area contributed by atoms with Gasteiger partial charge in [0.2, 0.25) is 0 Å². The van der Waals surface area contributed by atoms with Crippen molar-refractivity contribution in [1.29, 1.82) is 0 Å². The first-order chi connectivity index (χ1) is 8.14. The lowest BCUT2D eigenvalue weighted by atomic mass is 9.92. The minimum Gasteiger partial charge on any atom is -0.464 e. The number of ether oxygens (including phenoxy) is 1. The summed E-state index contributed by atoms with van der Waals surface area (Å²) in [5, 5.41) is 3.35. The Morgan fingerprint density at radius 2 is 2.18 bits per heavy atom. The highest BCUT2D eigenvalue weighted by molar-refractivity contribution is 5.81. The van der Waals surface area contributed by atoms with Crippen LogP contribution in [0.25, 0.3) is 0 Å². The molecule has 0 amide bonds. The lowest BCUT2D eigenvalue weighted by molar-refractivity contribution is -0.152. The summed E-state index contributed by atoms with van der Waals surface area (Å²) in [6, 6.07) is 0. The zero-order chi connectivity index (χ0) is 12.7. The van der Waals surface area contributed by atoms with Crippen LogP contribution < -0.4 is 5.32 Å². The molecule has 0 saturated carbocycles. The van der Waals surface area contributed by atoms with Crippen LogP contribution >= 0.6 is 0 Å². The van der Waals surface area contributed by atoms with E-state index in [1.807, 2.05) is 0 Å². The number of esters is 1. The van der Waals surface area contributed by atoms with Crippen LogP contribution in [0.4, 0.5) is 0 Å². The van der Waals surface area contributed by atoms with Crippen LogP contribution in [0.3, 0.4) is 0 Å². The summed E-state index contributed by atoms with van der Waals surface area (Å²) in [5.74, 6) is 0.448. The average Bonchev–Trinajstić information content (AvgIpc) is 2.77. The van der Waals surface area contributed by atoms with Gasteiger partial charge in [-0.25, -0.2) is 0 Å². The smallest absolute Gasteiger partial charge is 0.326 e. The second-order valence-electron chi connectivity index (χ2n) is 5.35. The van der Waals surface area contributed by atoms with Crippen LogP contribution in [0.2, 0.25) is 0 Å². The zero-order valence-corrected chi connectivity index (χ0v) is 11.6. The molecule has 0 bridgehead atoms. The average molecular weight is 241 g/mol. The van der Waals surface area contributed by atoms with E-state index in [0.717, 1.165) is 45.1 Å². The molecule has 0 aromatic carbocycles. The molecule has 0 radical (unpaired) electrons. The van der Waals surface area contributed by atoms with E-state index in [4.69, 9.17) is 4.74 Å². The molecule has 3 nitrogen and oxygen atoms in total. The molecule has 1 aliphatic heterocycles. The van der Waals surface area contributed by atoms with Crippen molar-refractivity contribution in [2.75, 3.05) is 13.2 Å². The van der Waals surface area contributed by atoms with E-state index in [9.17, 15) is 4.79 Å². The molecule has 1 heterocycles. The number of rotatable bonds is 7. The maximum Gasteiger partial charge on any atom is 0.326 e. The first-order valence-corrected chi connectivity index (χ1v) is 7.07. The predicted molar refractivity (Wildman–Crippen MR) is 69.9 cm³/mol. The van der Waals surface area contributed by atoms with Gasteiger partial charge in [-0.05, 0) is 38.1 Å². The van der Waals surface area contributed by atoms with E-state index < -0.39 is 0 Å². The Bertz CT molecular complexity index is 234. The molecule has 1 aliphatic rings. The Labute approximate surface area is 105 Å². The fourth-order valence-electron chi connectivity index (χ4n) is 2.65. The molecular weight excluding hydrogens is 214 g/mol. The third kappa shape index (κ3) is 3.98. The zero-order valence-electron chi connectivity index (χ0n) is 11.6. The first-order valence-electron chi connectivity index (χ1n) is 7.07. The Morgan fingerprint density at radius 3 is 2.71 bits per heavy atom. The highest BCUT2D eigenvalue weighted by Crippen LogP contribution is 2.26. The summed E-state index contributed by atoms with van der Waals surface area (Å²) in [7, 11) is 0. The molecule has 17 heavy (non-hydrogen) atoms. The molecular formula is C14H27NO2. The third-order valence-corrected chi connectivity index (χ3v) is 3.59. The number of hydrogen-bond donors (Lipinski definition) is 1. The largest absolute Gasteiger partial charge is 0.464 e. The molecule has 100 valence electrons. The van der Waals surface area contributed by atoms with Gasteiger partial charge in [-0.2, -0.15) is 0 Å². The van der Waals surface area contributed by atoms with E-state index in [1.165, 1.54) is 0 Å². The SMILES string of the molecule is CCCC(C)COC(=O)C1(CCC)CCCN1. The van der Waals surface area contributed by atoms with Crippen molar-refractivity contribution >= 4 is 5.97 Å².